The van der Waals surface area contributed by atoms with Crippen molar-refractivity contribution in [3.05, 3.63) is 0 Å². The molecule has 0 spiro atoms. The van der Waals surface area contributed by atoms with Crippen LogP contribution in [0.2, 0.25) is 0 Å². The third-order valence-corrected chi connectivity index (χ3v) is 2.49. The summed E-state index contributed by atoms with van der Waals surface area (Å²) in [5.41, 5.74) is 5.67. The number of piperidine rings is 1. The Hall–Kier alpha value is -0.530. The van der Waals surface area contributed by atoms with E-state index in [1.165, 1.54) is 0 Å². The Labute approximate surface area is 104 Å². The van der Waals surface area contributed by atoms with Gasteiger partial charge in [0.2, 0.25) is 5.91 Å². The molecule has 17 heavy (non-hydrogen) atoms. The van der Waals surface area contributed by atoms with Crippen LogP contribution in [0.4, 0.5) is 13.2 Å². The average molecular weight is 276 g/mol. The largest absolute Gasteiger partial charge is 0.405 e. The van der Waals surface area contributed by atoms with Crippen LogP contribution >= 0.6 is 12.4 Å². The van der Waals surface area contributed by atoms with Gasteiger partial charge in [0, 0.05) is 19.1 Å². The number of nitrogens with two attached hydrogens (primary N) is 1. The first-order chi connectivity index (χ1) is 7.37. The summed E-state index contributed by atoms with van der Waals surface area (Å²) in [6.07, 6.45) is -2.78. The van der Waals surface area contributed by atoms with E-state index in [-0.39, 0.29) is 25.0 Å². The molecular formula is C9H17ClF3N3O. The molecule has 0 aromatic heterocycles. The van der Waals surface area contributed by atoms with Crippen molar-refractivity contribution < 1.29 is 18.0 Å². The first kappa shape index (κ1) is 16.5. The van der Waals surface area contributed by atoms with Crippen molar-refractivity contribution in [2.75, 3.05) is 26.2 Å². The third-order valence-electron chi connectivity index (χ3n) is 2.49. The van der Waals surface area contributed by atoms with E-state index in [0.717, 1.165) is 12.8 Å². The van der Waals surface area contributed by atoms with Crippen molar-refractivity contribution >= 4 is 18.3 Å². The molecule has 1 rings (SSSR count). The van der Waals surface area contributed by atoms with Gasteiger partial charge in [0.1, 0.15) is 6.54 Å². The molecule has 0 aromatic carbocycles. The summed E-state index contributed by atoms with van der Waals surface area (Å²) in [5, 5.41) is 1.84. The van der Waals surface area contributed by atoms with Crippen LogP contribution < -0.4 is 11.1 Å². The number of nitrogens with one attached hydrogen (secondary N) is 1. The predicted octanol–water partition coefficient (Wildman–Crippen LogP) is 0.510. The maximum absolute atomic E-state index is 11.8. The van der Waals surface area contributed by atoms with Gasteiger partial charge in [-0.1, -0.05) is 0 Å². The van der Waals surface area contributed by atoms with Gasteiger partial charge in [-0.25, -0.2) is 0 Å². The van der Waals surface area contributed by atoms with Crippen LogP contribution in [-0.2, 0) is 4.79 Å². The number of hydrogen-bond acceptors (Lipinski definition) is 3. The zero-order valence-corrected chi connectivity index (χ0v) is 10.1. The van der Waals surface area contributed by atoms with Crippen LogP contribution in [0.1, 0.15) is 12.8 Å². The van der Waals surface area contributed by atoms with Gasteiger partial charge in [-0.2, -0.15) is 13.2 Å². The van der Waals surface area contributed by atoms with Gasteiger partial charge < -0.3 is 11.1 Å². The lowest BCUT2D eigenvalue weighted by molar-refractivity contribution is -0.139. The molecule has 1 amide bonds. The summed E-state index contributed by atoms with van der Waals surface area (Å²) >= 11 is 0. The average Bonchev–Trinajstić information content (AvgIpc) is 2.18. The fraction of sp³-hybridized carbons (Fsp3) is 0.889. The Morgan fingerprint density at radius 3 is 2.35 bits per heavy atom. The van der Waals surface area contributed by atoms with Crippen LogP contribution in [0.3, 0.4) is 0 Å². The standard InChI is InChI=1S/C9H16F3N3O.ClH/c10-9(11,12)6-14-8(16)5-15-3-1-7(13)2-4-15;/h7H,1-6,13H2,(H,14,16);1H. The lowest BCUT2D eigenvalue weighted by Crippen LogP contribution is -2.45. The van der Waals surface area contributed by atoms with Gasteiger partial charge in [0.15, 0.2) is 0 Å². The summed E-state index contributed by atoms with van der Waals surface area (Å²) in [5.74, 6) is -0.590. The molecule has 0 radical (unpaired) electrons. The van der Waals surface area contributed by atoms with Gasteiger partial charge >= 0.3 is 6.18 Å². The second-order valence-electron chi connectivity index (χ2n) is 4.01. The summed E-state index contributed by atoms with van der Waals surface area (Å²) in [6.45, 7) is 0.0865. The number of likely N-dealkylation sites (tertiary alicyclic amines) is 1. The Bertz CT molecular complexity index is 242. The smallest absolute Gasteiger partial charge is 0.346 e. The first-order valence-corrected chi connectivity index (χ1v) is 5.18. The second kappa shape index (κ2) is 7.03. The number of hydrogen-bond donors (Lipinski definition) is 2. The zero-order chi connectivity index (χ0) is 12.2. The fourth-order valence-corrected chi connectivity index (χ4v) is 1.57. The van der Waals surface area contributed by atoms with E-state index in [9.17, 15) is 18.0 Å². The highest BCUT2D eigenvalue weighted by Crippen LogP contribution is 2.12. The molecule has 0 saturated carbocycles. The maximum Gasteiger partial charge on any atom is 0.405 e. The number of rotatable bonds is 3. The number of nitrogens with zero attached hydrogens (tertiary/aromatic N) is 1. The number of amides is 1. The Kier molecular flexibility index (Phi) is 6.81. The van der Waals surface area contributed by atoms with E-state index >= 15 is 0 Å². The molecule has 1 fully saturated rings. The van der Waals surface area contributed by atoms with Crippen LogP contribution in [-0.4, -0.2) is 49.2 Å². The monoisotopic (exact) mass is 275 g/mol. The Balaban J connectivity index is 0.00000256. The maximum atomic E-state index is 11.8. The van der Waals surface area contributed by atoms with Gasteiger partial charge in [-0.15, -0.1) is 12.4 Å². The van der Waals surface area contributed by atoms with E-state index in [0.29, 0.717) is 13.1 Å². The van der Waals surface area contributed by atoms with E-state index in [1.54, 1.807) is 0 Å². The minimum atomic E-state index is -4.35. The van der Waals surface area contributed by atoms with Crippen molar-refractivity contribution in [1.82, 2.24) is 10.2 Å². The van der Waals surface area contributed by atoms with Crippen molar-refractivity contribution in [3.8, 4) is 0 Å². The molecule has 8 heteroatoms. The topological polar surface area (TPSA) is 58.4 Å². The first-order valence-electron chi connectivity index (χ1n) is 5.18. The highest BCUT2D eigenvalue weighted by Gasteiger charge is 2.28. The predicted molar refractivity (Wildman–Crippen MR) is 60.0 cm³/mol. The Morgan fingerprint density at radius 1 is 1.35 bits per heavy atom. The van der Waals surface area contributed by atoms with Crippen molar-refractivity contribution in [2.45, 2.75) is 25.1 Å². The molecule has 0 aromatic rings. The molecule has 3 N–H and O–H groups in total. The van der Waals surface area contributed by atoms with Crippen LogP contribution in [0.15, 0.2) is 0 Å². The lowest BCUT2D eigenvalue weighted by atomic mass is 10.1. The van der Waals surface area contributed by atoms with Crippen molar-refractivity contribution in [3.63, 3.8) is 0 Å². The summed E-state index contributed by atoms with van der Waals surface area (Å²) in [4.78, 5) is 13.0. The molecule has 4 nitrogen and oxygen atoms in total. The SMILES string of the molecule is Cl.NC1CCN(CC(=O)NCC(F)(F)F)CC1. The van der Waals surface area contributed by atoms with Crippen molar-refractivity contribution in [1.29, 1.82) is 0 Å². The number of alkyl halides is 3. The third kappa shape index (κ3) is 7.40. The zero-order valence-electron chi connectivity index (χ0n) is 9.29. The van der Waals surface area contributed by atoms with Crippen LogP contribution in [0.25, 0.3) is 0 Å². The molecule has 1 aliphatic heterocycles. The minimum Gasteiger partial charge on any atom is -0.346 e. The lowest BCUT2D eigenvalue weighted by Gasteiger charge is -2.29. The van der Waals surface area contributed by atoms with Gasteiger partial charge in [-0.05, 0) is 12.8 Å². The van der Waals surface area contributed by atoms with Gasteiger partial charge in [0.25, 0.3) is 0 Å². The molecule has 0 bridgehead atoms. The van der Waals surface area contributed by atoms with E-state index in [4.69, 9.17) is 5.73 Å². The molecule has 1 heterocycles. The molecule has 0 atom stereocenters. The highest BCUT2D eigenvalue weighted by molar-refractivity contribution is 5.85. The van der Waals surface area contributed by atoms with Gasteiger partial charge in [0.05, 0.1) is 6.54 Å². The van der Waals surface area contributed by atoms with E-state index < -0.39 is 18.6 Å². The van der Waals surface area contributed by atoms with Crippen LogP contribution in [0.5, 0.6) is 0 Å². The quantitative estimate of drug-likeness (QED) is 0.789. The number of carbonyl (C=O) groups excluding carboxylic acids is 1. The normalized spacial score (nSPS) is 18.6. The molecular weight excluding hydrogens is 259 g/mol. The minimum absolute atomic E-state index is 0. The molecule has 0 unspecified atom stereocenters. The molecule has 1 aliphatic rings. The summed E-state index contributed by atoms with van der Waals surface area (Å²) in [6, 6.07) is 0.148. The summed E-state index contributed by atoms with van der Waals surface area (Å²) < 4.78 is 35.4. The van der Waals surface area contributed by atoms with E-state index in [1.807, 2.05) is 10.2 Å². The number of carbonyl (C=O) groups is 1. The Morgan fingerprint density at radius 2 is 1.88 bits per heavy atom. The second-order valence-corrected chi connectivity index (χ2v) is 4.01. The van der Waals surface area contributed by atoms with Gasteiger partial charge in [-0.3, -0.25) is 9.69 Å². The molecule has 1 saturated heterocycles. The van der Waals surface area contributed by atoms with E-state index in [2.05, 4.69) is 0 Å². The van der Waals surface area contributed by atoms with Crippen LogP contribution in [0, 0.1) is 0 Å². The molecule has 0 aliphatic carbocycles. The highest BCUT2D eigenvalue weighted by atomic mass is 35.5. The fourth-order valence-electron chi connectivity index (χ4n) is 1.57. The van der Waals surface area contributed by atoms with Crippen molar-refractivity contribution in [2.24, 2.45) is 5.73 Å². The summed E-state index contributed by atoms with van der Waals surface area (Å²) in [7, 11) is 0. The molecule has 102 valence electrons. The number of halogens is 4.